The fourth-order valence-corrected chi connectivity index (χ4v) is 10.3. The number of amides is 6. The lowest BCUT2D eigenvalue weighted by Gasteiger charge is -2.27. The summed E-state index contributed by atoms with van der Waals surface area (Å²) in [5.74, 6) is -15.1. The molecule has 6 amide bonds. The number of phenols is 1. The number of benzene rings is 1. The zero-order valence-electron chi connectivity index (χ0n) is 52.7. The summed E-state index contributed by atoms with van der Waals surface area (Å²) < 4.78 is 0. The average Bonchev–Trinajstić information content (AvgIpc) is 3.66. The second-order valence-electron chi connectivity index (χ2n) is 23.6. The number of carboxylic acid groups (broad SMARTS) is 1. The zero-order valence-corrected chi connectivity index (χ0v) is 53.5. The first-order chi connectivity index (χ1) is 41.8. The number of aromatic hydroxyl groups is 1. The molecule has 502 valence electrons. The van der Waals surface area contributed by atoms with Crippen molar-refractivity contribution in [3.05, 3.63) is 29.8 Å². The van der Waals surface area contributed by atoms with E-state index in [2.05, 4.69) is 36.6 Å². The van der Waals surface area contributed by atoms with Crippen molar-refractivity contribution in [2.75, 3.05) is 38.2 Å². The highest BCUT2D eigenvalue weighted by Crippen LogP contribution is 2.23. The van der Waals surface area contributed by atoms with Crippen LogP contribution in [0.5, 0.6) is 5.75 Å². The number of primary amides is 1. The summed E-state index contributed by atoms with van der Waals surface area (Å²) >= 11 is 1.31. The molecule has 11 atom stereocenters. The molecule has 0 saturated carbocycles. The first-order valence-electron chi connectivity index (χ1n) is 30.3. The Bertz CT molecular complexity index is 2530. The smallest absolute Gasteiger partial charge is 0.305 e. The lowest BCUT2D eigenvalue weighted by molar-refractivity contribution is -0.142. The molecule has 29 heteroatoms. The van der Waals surface area contributed by atoms with Gasteiger partial charge in [-0.05, 0) is 119 Å². The molecule has 28 nitrogen and oxygen atoms in total. The topological polar surface area (TPSA) is 510 Å². The number of hydrogen-bond donors (Lipinski definition) is 15. The Morgan fingerprint density at radius 3 is 1.47 bits per heavy atom. The van der Waals surface area contributed by atoms with Crippen LogP contribution in [0.25, 0.3) is 0 Å². The zero-order chi connectivity index (χ0) is 67.5. The summed E-state index contributed by atoms with van der Waals surface area (Å²) in [4.78, 5) is 159. The fraction of sp³-hybridized carbons (Fsp3) is 0.683. The third-order valence-corrected chi connectivity index (χ3v) is 15.4. The number of hydrogen-bond acceptors (Lipinski definition) is 18. The van der Waals surface area contributed by atoms with Gasteiger partial charge in [0.25, 0.3) is 0 Å². The average molecular weight is 1280 g/mol. The number of nitrogens with two attached hydrogens (primary N) is 6. The van der Waals surface area contributed by atoms with Crippen LogP contribution in [0.1, 0.15) is 143 Å². The Balaban J connectivity index is 3.60. The second-order valence-corrected chi connectivity index (χ2v) is 24.6. The van der Waals surface area contributed by atoms with E-state index in [1.165, 1.54) is 43.0 Å². The summed E-state index contributed by atoms with van der Waals surface area (Å²) in [6, 6.07) is -0.947. The standard InChI is InChI=1S/C60H101N13O15S/c1-33(2)24-35(5)54(84)69-43(14-11-22-68-60(65)66)48(77)29-40(32-74)57(87)70-44(19-23-89-7)51(80)30-42(36(6)75)58(88)72-46(31-52(81)82)50(79)27-38(12-8-9-20-61)55(85)71-45(26-37-15-17-41(76)18-16-37)49(78)28-39(13-10-21-67-59(63)64)56(86)73-47(53(62)83)25-34(3)4/h15-18,33-36,38-40,42-47,74-76H,8-14,19-32,61H2,1-7H3,(H2,62,83)(H,69,84)(H,70,87)(H,71,85)(H,72,88)(H,73,86)(H,81,82)(H4,63,64,67)(H4,65,66,68)/t35-,36+,38+,39+,40-,42-,43-,44-,45-,46-,47-/m0/s1. The van der Waals surface area contributed by atoms with Gasteiger partial charge in [0.2, 0.25) is 35.4 Å². The molecular formula is C60H101N13O15S. The minimum absolute atomic E-state index is 0.00917. The van der Waals surface area contributed by atoms with Crippen molar-refractivity contribution < 1.29 is 73.2 Å². The van der Waals surface area contributed by atoms with Gasteiger partial charge < -0.3 is 81.4 Å². The van der Waals surface area contributed by atoms with Gasteiger partial charge in [-0.2, -0.15) is 11.8 Å². The van der Waals surface area contributed by atoms with Crippen LogP contribution in [0.3, 0.4) is 0 Å². The number of thioether (sulfide) groups is 1. The molecule has 0 unspecified atom stereocenters. The van der Waals surface area contributed by atoms with E-state index in [-0.39, 0.29) is 107 Å². The number of aliphatic carboxylic acids is 1. The van der Waals surface area contributed by atoms with Crippen LogP contribution in [0, 0.1) is 41.4 Å². The van der Waals surface area contributed by atoms with Crippen molar-refractivity contribution in [1.29, 1.82) is 0 Å². The minimum atomic E-state index is -1.83. The van der Waals surface area contributed by atoms with E-state index in [9.17, 15) is 73.2 Å². The molecule has 0 radical (unpaired) electrons. The maximum Gasteiger partial charge on any atom is 0.305 e. The molecule has 21 N–H and O–H groups in total. The van der Waals surface area contributed by atoms with Crippen LogP contribution in [0.4, 0.5) is 0 Å². The van der Waals surface area contributed by atoms with Gasteiger partial charge in [-0.15, -0.1) is 0 Å². The molecule has 0 saturated heterocycles. The lowest BCUT2D eigenvalue weighted by atomic mass is 9.88. The number of aliphatic hydroxyl groups excluding tert-OH is 2. The van der Waals surface area contributed by atoms with Crippen LogP contribution in [0.15, 0.2) is 34.3 Å². The van der Waals surface area contributed by atoms with Gasteiger partial charge in [-0.3, -0.25) is 62.7 Å². The predicted molar refractivity (Wildman–Crippen MR) is 338 cm³/mol. The molecule has 0 spiro atoms. The van der Waals surface area contributed by atoms with Crippen LogP contribution in [0.2, 0.25) is 0 Å². The van der Waals surface area contributed by atoms with Gasteiger partial charge in [0.1, 0.15) is 11.8 Å². The molecular weight excluding hydrogens is 1170 g/mol. The number of aliphatic hydroxyl groups is 2. The monoisotopic (exact) mass is 1280 g/mol. The third kappa shape index (κ3) is 32.7. The van der Waals surface area contributed by atoms with Crippen molar-refractivity contribution in [3.8, 4) is 5.75 Å². The molecule has 0 aliphatic heterocycles. The largest absolute Gasteiger partial charge is 0.508 e. The van der Waals surface area contributed by atoms with Gasteiger partial charge in [-0.1, -0.05) is 53.2 Å². The van der Waals surface area contributed by atoms with E-state index in [4.69, 9.17) is 34.4 Å². The van der Waals surface area contributed by atoms with Crippen LogP contribution in [-0.2, 0) is 59.2 Å². The van der Waals surface area contributed by atoms with Gasteiger partial charge in [0.05, 0.1) is 55.1 Å². The number of guanidine groups is 2. The number of ketones is 4. The maximum atomic E-state index is 14.5. The molecule has 1 aromatic rings. The van der Waals surface area contributed by atoms with Crippen LogP contribution < -0.4 is 61.0 Å². The number of unbranched alkanes of at least 4 members (excludes halogenated alkanes) is 1. The summed E-state index contributed by atoms with van der Waals surface area (Å²) in [6.07, 6.45) is -1.49. The minimum Gasteiger partial charge on any atom is -0.508 e. The van der Waals surface area contributed by atoms with E-state index >= 15 is 0 Å². The maximum absolute atomic E-state index is 14.5. The van der Waals surface area contributed by atoms with E-state index in [0.29, 0.717) is 24.2 Å². The number of phenolic OH excluding ortho intramolecular Hbond substituents is 1. The molecule has 1 aromatic carbocycles. The number of Topliss-reactive ketones (excluding diaryl/α,β-unsaturated/α-hetero) is 4. The first kappa shape index (κ1) is 79.8. The number of nitrogens with zero attached hydrogens (tertiary/aromatic N) is 2. The second kappa shape index (κ2) is 42.6. The quantitative estimate of drug-likeness (QED) is 0.0226. The number of carboxylic acids is 1. The Hall–Kier alpha value is -7.24. The molecule has 0 heterocycles. The van der Waals surface area contributed by atoms with Crippen molar-refractivity contribution in [2.24, 2.45) is 85.8 Å². The fourth-order valence-electron chi connectivity index (χ4n) is 9.86. The highest BCUT2D eigenvalue weighted by molar-refractivity contribution is 7.98. The molecule has 0 aliphatic carbocycles. The summed E-state index contributed by atoms with van der Waals surface area (Å²) in [5.41, 5.74) is 33.8. The van der Waals surface area contributed by atoms with E-state index in [0.717, 1.165) is 0 Å². The summed E-state index contributed by atoms with van der Waals surface area (Å²) in [5, 5.41) is 54.5. The Labute approximate surface area is 526 Å². The summed E-state index contributed by atoms with van der Waals surface area (Å²) in [6.45, 7) is 10.0. The molecule has 0 aromatic heterocycles. The Kier molecular flexibility index (Phi) is 38.2. The van der Waals surface area contributed by atoms with Crippen molar-refractivity contribution in [3.63, 3.8) is 0 Å². The summed E-state index contributed by atoms with van der Waals surface area (Å²) in [7, 11) is 0. The van der Waals surface area contributed by atoms with E-state index < -0.39 is 169 Å². The predicted octanol–water partition coefficient (Wildman–Crippen LogP) is -0.289. The van der Waals surface area contributed by atoms with E-state index in [1.807, 2.05) is 27.7 Å². The Morgan fingerprint density at radius 2 is 0.978 bits per heavy atom. The van der Waals surface area contributed by atoms with Crippen molar-refractivity contribution >= 4 is 88.2 Å². The third-order valence-electron chi connectivity index (χ3n) is 14.8. The molecule has 0 bridgehead atoms. The van der Waals surface area contributed by atoms with Gasteiger partial charge in [0.15, 0.2) is 35.1 Å². The highest BCUT2D eigenvalue weighted by atomic mass is 32.2. The van der Waals surface area contributed by atoms with E-state index in [1.54, 1.807) is 13.2 Å². The molecule has 0 aliphatic rings. The number of carbonyl (C=O) groups is 11. The molecule has 1 rings (SSSR count). The number of rotatable bonds is 48. The lowest BCUT2D eigenvalue weighted by Crippen LogP contribution is -2.51. The first-order valence-corrected chi connectivity index (χ1v) is 31.7. The number of aliphatic imine (C=N–C) groups is 2. The van der Waals surface area contributed by atoms with Gasteiger partial charge in [-0.25, -0.2) is 0 Å². The molecule has 89 heavy (non-hydrogen) atoms. The number of nitrogens with one attached hydrogen (secondary N) is 5. The SMILES string of the molecule is CSCC[C@H](NC(=O)[C@H](CO)CC(=O)[C@H](CCCN=C(N)N)NC(=O)[C@@H](C)CC(C)C)C(=O)C[C@H](C(=O)N[C@@H](CC(=O)O)C(=O)C[C@@H](CCCCN)C(=O)N[C@@H](Cc1ccc(O)cc1)C(=O)C[C@@H](CCCN=C(N)N)C(=O)N[C@@H](CC(C)C)C(N)=O)[C@@H](C)O. The Morgan fingerprint density at radius 1 is 0.528 bits per heavy atom. The van der Waals surface area contributed by atoms with Gasteiger partial charge in [0, 0.05) is 56.5 Å². The highest BCUT2D eigenvalue weighted by Gasteiger charge is 2.38. The number of carbonyl (C=O) groups excluding carboxylic acids is 10. The van der Waals surface area contributed by atoms with Crippen molar-refractivity contribution in [1.82, 2.24) is 26.6 Å². The van der Waals surface area contributed by atoms with Crippen molar-refractivity contribution in [2.45, 2.75) is 181 Å². The van der Waals surface area contributed by atoms with Gasteiger partial charge >= 0.3 is 5.97 Å². The van der Waals surface area contributed by atoms with Crippen LogP contribution >= 0.6 is 11.8 Å². The normalized spacial score (nSPS) is 15.0. The molecule has 0 fully saturated rings. The van der Waals surface area contributed by atoms with Crippen LogP contribution in [-0.4, -0.2) is 171 Å².